The average molecular weight is 292 g/mol. The Morgan fingerprint density at radius 3 is 2.81 bits per heavy atom. The van der Waals surface area contributed by atoms with Gasteiger partial charge in [-0.25, -0.2) is 4.98 Å². The predicted octanol–water partition coefficient (Wildman–Crippen LogP) is 1.74. The number of nitrogens with one attached hydrogen (secondary N) is 2. The maximum atomic E-state index is 8.95. The molecule has 2 heterocycles. The molecule has 6 nitrogen and oxygen atoms in total. The van der Waals surface area contributed by atoms with Crippen molar-refractivity contribution in [3.63, 3.8) is 0 Å². The second-order valence-electron chi connectivity index (χ2n) is 5.84. The fourth-order valence-corrected chi connectivity index (χ4v) is 3.04. The van der Waals surface area contributed by atoms with Gasteiger partial charge in [0.2, 0.25) is 5.95 Å². The fraction of sp³-hybridized carbons (Fsp3) is 0.733. The maximum absolute atomic E-state index is 8.95. The van der Waals surface area contributed by atoms with Crippen molar-refractivity contribution in [2.45, 2.75) is 44.1 Å². The molecule has 1 aliphatic heterocycles. The minimum atomic E-state index is 0.0749. The van der Waals surface area contributed by atoms with Gasteiger partial charge in [-0.1, -0.05) is 12.8 Å². The van der Waals surface area contributed by atoms with E-state index >= 15 is 0 Å². The van der Waals surface area contributed by atoms with Gasteiger partial charge < -0.3 is 20.5 Å². The van der Waals surface area contributed by atoms with Gasteiger partial charge in [-0.15, -0.1) is 0 Å². The van der Waals surface area contributed by atoms with Crippen LogP contribution in [0.5, 0.6) is 0 Å². The lowest BCUT2D eigenvalue weighted by molar-refractivity contribution is 0.193. The van der Waals surface area contributed by atoms with Crippen LogP contribution in [-0.4, -0.2) is 47.5 Å². The first-order valence-electron chi connectivity index (χ1n) is 7.93. The highest BCUT2D eigenvalue weighted by molar-refractivity contribution is 5.44. The van der Waals surface area contributed by atoms with Gasteiger partial charge in [0, 0.05) is 31.2 Å². The standard InChI is InChI=1S/C15H24N4O2/c20-7-6-16-15-18-13(11-5-8-21-10-11)9-14(19-15)17-12-3-1-2-4-12/h9,11-12,20H,1-8,10H2,(H2,16,17,18,19)/t11-/m0/s1. The van der Waals surface area contributed by atoms with Gasteiger partial charge in [-0.05, 0) is 19.3 Å². The van der Waals surface area contributed by atoms with Crippen LogP contribution in [0.3, 0.4) is 0 Å². The number of nitrogens with zero attached hydrogens (tertiary/aromatic N) is 2. The molecule has 1 atom stereocenters. The number of hydrogen-bond donors (Lipinski definition) is 3. The van der Waals surface area contributed by atoms with E-state index in [1.165, 1.54) is 25.7 Å². The Morgan fingerprint density at radius 2 is 2.10 bits per heavy atom. The minimum absolute atomic E-state index is 0.0749. The summed E-state index contributed by atoms with van der Waals surface area (Å²) in [6.07, 6.45) is 6.03. The SMILES string of the molecule is OCCNc1nc(NC2CCCC2)cc([C@H]2CCOC2)n1. The van der Waals surface area contributed by atoms with E-state index in [9.17, 15) is 0 Å². The maximum Gasteiger partial charge on any atom is 0.224 e. The third kappa shape index (κ3) is 3.83. The molecule has 21 heavy (non-hydrogen) atoms. The quantitative estimate of drug-likeness (QED) is 0.741. The number of anilines is 2. The van der Waals surface area contributed by atoms with Crippen LogP contribution in [0.15, 0.2) is 6.07 Å². The summed E-state index contributed by atoms with van der Waals surface area (Å²) in [7, 11) is 0. The van der Waals surface area contributed by atoms with Gasteiger partial charge in [0.15, 0.2) is 0 Å². The summed E-state index contributed by atoms with van der Waals surface area (Å²) >= 11 is 0. The molecule has 0 bridgehead atoms. The van der Waals surface area contributed by atoms with E-state index < -0.39 is 0 Å². The molecule has 3 rings (SSSR count). The lowest BCUT2D eigenvalue weighted by Gasteiger charge is -2.16. The first-order valence-corrected chi connectivity index (χ1v) is 7.93. The monoisotopic (exact) mass is 292 g/mol. The normalized spacial score (nSPS) is 22.6. The van der Waals surface area contributed by atoms with Crippen LogP contribution < -0.4 is 10.6 Å². The van der Waals surface area contributed by atoms with E-state index in [-0.39, 0.29) is 6.61 Å². The summed E-state index contributed by atoms with van der Waals surface area (Å²) in [6.45, 7) is 2.08. The summed E-state index contributed by atoms with van der Waals surface area (Å²) in [5, 5.41) is 15.6. The highest BCUT2D eigenvalue weighted by Crippen LogP contribution is 2.27. The topological polar surface area (TPSA) is 79.3 Å². The van der Waals surface area contributed by atoms with Crippen molar-refractivity contribution >= 4 is 11.8 Å². The lowest BCUT2D eigenvalue weighted by Crippen LogP contribution is -2.18. The minimum Gasteiger partial charge on any atom is -0.395 e. The van der Waals surface area contributed by atoms with Crippen LogP contribution in [0.1, 0.15) is 43.7 Å². The van der Waals surface area contributed by atoms with Gasteiger partial charge in [-0.2, -0.15) is 4.98 Å². The molecule has 0 unspecified atom stereocenters. The molecule has 6 heteroatoms. The Labute approximate surface area is 125 Å². The number of aromatic nitrogens is 2. The number of aliphatic hydroxyl groups is 1. The molecule has 0 amide bonds. The van der Waals surface area contributed by atoms with Gasteiger partial charge in [0.1, 0.15) is 5.82 Å². The summed E-state index contributed by atoms with van der Waals surface area (Å²) in [5.41, 5.74) is 1.03. The van der Waals surface area contributed by atoms with E-state index in [1.807, 2.05) is 0 Å². The molecule has 1 aromatic heterocycles. The Morgan fingerprint density at radius 1 is 1.24 bits per heavy atom. The molecule has 1 aromatic rings. The Hall–Kier alpha value is -1.40. The molecular formula is C15H24N4O2. The molecule has 1 saturated carbocycles. The predicted molar refractivity (Wildman–Crippen MR) is 81.7 cm³/mol. The van der Waals surface area contributed by atoms with Crippen LogP contribution >= 0.6 is 0 Å². The molecule has 3 N–H and O–H groups in total. The number of aliphatic hydroxyl groups excluding tert-OH is 1. The molecule has 2 fully saturated rings. The van der Waals surface area contributed by atoms with Crippen LogP contribution in [0, 0.1) is 0 Å². The molecule has 116 valence electrons. The molecular weight excluding hydrogens is 268 g/mol. The number of ether oxygens (including phenoxy) is 1. The number of rotatable bonds is 6. The van der Waals surface area contributed by atoms with Gasteiger partial charge in [-0.3, -0.25) is 0 Å². The van der Waals surface area contributed by atoms with E-state index in [1.54, 1.807) is 0 Å². The van der Waals surface area contributed by atoms with Gasteiger partial charge in [0.25, 0.3) is 0 Å². The van der Waals surface area contributed by atoms with E-state index in [0.717, 1.165) is 31.1 Å². The highest BCUT2D eigenvalue weighted by Gasteiger charge is 2.22. The Balaban J connectivity index is 1.77. The van der Waals surface area contributed by atoms with Crippen LogP contribution in [0.25, 0.3) is 0 Å². The van der Waals surface area contributed by atoms with Crippen molar-refractivity contribution in [1.29, 1.82) is 0 Å². The molecule has 1 aliphatic carbocycles. The molecule has 2 aliphatic rings. The molecule has 0 spiro atoms. The zero-order valence-corrected chi connectivity index (χ0v) is 12.3. The summed E-state index contributed by atoms with van der Waals surface area (Å²) in [6, 6.07) is 2.58. The lowest BCUT2D eigenvalue weighted by atomic mass is 10.0. The van der Waals surface area contributed by atoms with E-state index in [4.69, 9.17) is 9.84 Å². The second-order valence-corrected chi connectivity index (χ2v) is 5.84. The molecule has 0 radical (unpaired) electrons. The Bertz CT molecular complexity index is 457. The van der Waals surface area contributed by atoms with Crippen LogP contribution in [0.4, 0.5) is 11.8 Å². The zero-order chi connectivity index (χ0) is 14.5. The van der Waals surface area contributed by atoms with Crippen LogP contribution in [0.2, 0.25) is 0 Å². The average Bonchev–Trinajstić information content (AvgIpc) is 3.18. The molecule has 0 aromatic carbocycles. The van der Waals surface area contributed by atoms with Gasteiger partial charge >= 0.3 is 0 Å². The van der Waals surface area contributed by atoms with Crippen molar-refractivity contribution in [1.82, 2.24) is 9.97 Å². The summed E-state index contributed by atoms with van der Waals surface area (Å²) < 4.78 is 5.46. The highest BCUT2D eigenvalue weighted by atomic mass is 16.5. The van der Waals surface area contributed by atoms with Crippen molar-refractivity contribution in [3.05, 3.63) is 11.8 Å². The van der Waals surface area contributed by atoms with Crippen LogP contribution in [-0.2, 0) is 4.74 Å². The Kier molecular flexibility index (Phi) is 4.87. The summed E-state index contributed by atoms with van der Waals surface area (Å²) in [5.74, 6) is 1.83. The second kappa shape index (κ2) is 7.04. The zero-order valence-electron chi connectivity index (χ0n) is 12.3. The third-order valence-corrected chi connectivity index (χ3v) is 4.20. The first kappa shape index (κ1) is 14.5. The largest absolute Gasteiger partial charge is 0.395 e. The number of hydrogen-bond acceptors (Lipinski definition) is 6. The smallest absolute Gasteiger partial charge is 0.224 e. The third-order valence-electron chi connectivity index (χ3n) is 4.20. The van der Waals surface area contributed by atoms with Crippen molar-refractivity contribution in [2.24, 2.45) is 0 Å². The first-order chi connectivity index (χ1) is 10.3. The summed E-state index contributed by atoms with van der Waals surface area (Å²) in [4.78, 5) is 9.09. The van der Waals surface area contributed by atoms with E-state index in [2.05, 4.69) is 26.7 Å². The van der Waals surface area contributed by atoms with Crippen molar-refractivity contribution in [2.75, 3.05) is 37.0 Å². The van der Waals surface area contributed by atoms with E-state index in [0.29, 0.717) is 24.5 Å². The van der Waals surface area contributed by atoms with Gasteiger partial charge in [0.05, 0.1) is 18.9 Å². The van der Waals surface area contributed by atoms with Crippen molar-refractivity contribution in [3.8, 4) is 0 Å². The van der Waals surface area contributed by atoms with Crippen molar-refractivity contribution < 1.29 is 9.84 Å². The fourth-order valence-electron chi connectivity index (χ4n) is 3.04. The molecule has 1 saturated heterocycles.